The van der Waals surface area contributed by atoms with Crippen LogP contribution in [-0.4, -0.2) is 30.5 Å². The number of carbonyl (C=O) groups excluding carboxylic acids is 1. The Hall–Kier alpha value is -1.78. The minimum Gasteiger partial charge on any atom is -0.397 e. The Bertz CT molecular complexity index is 376. The molecule has 1 saturated heterocycles. The number of pyridine rings is 1. The number of nitrogens with zero attached hydrogens (tertiary/aromatic N) is 2. The van der Waals surface area contributed by atoms with Crippen LogP contribution in [0.25, 0.3) is 0 Å². The van der Waals surface area contributed by atoms with Gasteiger partial charge in [0.05, 0.1) is 11.9 Å². The summed E-state index contributed by atoms with van der Waals surface area (Å²) in [4.78, 5) is 17.9. The Labute approximate surface area is 94.6 Å². The predicted octanol–water partition coefficient (Wildman–Crippen LogP) is 0.379. The van der Waals surface area contributed by atoms with E-state index < -0.39 is 0 Å². The number of rotatable bonds is 2. The summed E-state index contributed by atoms with van der Waals surface area (Å²) in [5.74, 6) is 0.872. The van der Waals surface area contributed by atoms with Crippen molar-refractivity contribution >= 4 is 17.4 Å². The van der Waals surface area contributed by atoms with Gasteiger partial charge in [-0.1, -0.05) is 0 Å². The van der Waals surface area contributed by atoms with Crippen LogP contribution in [0.15, 0.2) is 18.3 Å². The van der Waals surface area contributed by atoms with Crippen LogP contribution in [-0.2, 0) is 4.79 Å². The van der Waals surface area contributed by atoms with Crippen molar-refractivity contribution < 1.29 is 4.79 Å². The fraction of sp³-hybridized carbons (Fsp3) is 0.455. The number of anilines is 2. The van der Waals surface area contributed by atoms with Crippen LogP contribution >= 0.6 is 0 Å². The third-order valence-corrected chi connectivity index (χ3v) is 2.87. The number of nitrogens with two attached hydrogens (primary N) is 1. The maximum atomic E-state index is 11.7. The first kappa shape index (κ1) is 10.7. The van der Waals surface area contributed by atoms with Gasteiger partial charge in [-0.05, 0) is 25.0 Å². The van der Waals surface area contributed by atoms with Gasteiger partial charge in [-0.3, -0.25) is 4.79 Å². The van der Waals surface area contributed by atoms with Gasteiger partial charge < -0.3 is 16.0 Å². The van der Waals surface area contributed by atoms with Crippen LogP contribution < -0.4 is 16.0 Å². The Morgan fingerprint density at radius 3 is 3.06 bits per heavy atom. The van der Waals surface area contributed by atoms with Crippen molar-refractivity contribution in [3.63, 3.8) is 0 Å². The van der Waals surface area contributed by atoms with E-state index in [-0.39, 0.29) is 11.9 Å². The number of aromatic nitrogens is 1. The molecule has 1 amide bonds. The molecule has 1 aliphatic rings. The lowest BCUT2D eigenvalue weighted by atomic mass is 10.2. The van der Waals surface area contributed by atoms with E-state index in [2.05, 4.69) is 10.3 Å². The van der Waals surface area contributed by atoms with Crippen LogP contribution in [0.5, 0.6) is 0 Å². The lowest BCUT2D eigenvalue weighted by Crippen LogP contribution is -2.42. The van der Waals surface area contributed by atoms with E-state index in [1.807, 2.05) is 17.0 Å². The van der Waals surface area contributed by atoms with Gasteiger partial charge in [-0.2, -0.15) is 0 Å². The molecule has 1 unspecified atom stereocenters. The maximum Gasteiger partial charge on any atom is 0.242 e. The lowest BCUT2D eigenvalue weighted by Gasteiger charge is -2.24. The molecule has 5 nitrogen and oxygen atoms in total. The third-order valence-electron chi connectivity index (χ3n) is 2.87. The second kappa shape index (κ2) is 4.38. The zero-order valence-electron chi connectivity index (χ0n) is 9.31. The highest BCUT2D eigenvalue weighted by atomic mass is 16.2. The van der Waals surface area contributed by atoms with Crippen molar-refractivity contribution in [2.45, 2.75) is 18.9 Å². The smallest absolute Gasteiger partial charge is 0.242 e. The highest BCUT2D eigenvalue weighted by molar-refractivity contribution is 5.85. The summed E-state index contributed by atoms with van der Waals surface area (Å²) >= 11 is 0. The molecule has 0 saturated carbocycles. The summed E-state index contributed by atoms with van der Waals surface area (Å²) in [6, 6.07) is 3.57. The zero-order chi connectivity index (χ0) is 11.5. The molecule has 86 valence electrons. The summed E-state index contributed by atoms with van der Waals surface area (Å²) < 4.78 is 0. The molecular formula is C11H16N4O. The minimum atomic E-state index is -0.0962. The van der Waals surface area contributed by atoms with Gasteiger partial charge >= 0.3 is 0 Å². The summed E-state index contributed by atoms with van der Waals surface area (Å²) in [6.45, 7) is 0.870. The van der Waals surface area contributed by atoms with Crippen molar-refractivity contribution in [3.8, 4) is 0 Å². The van der Waals surface area contributed by atoms with E-state index in [9.17, 15) is 4.79 Å². The summed E-state index contributed by atoms with van der Waals surface area (Å²) in [5, 5.41) is 2.68. The molecule has 1 aromatic heterocycles. The standard InChI is InChI=1S/C11H16N4O/c1-13-11(16)9-3-2-6-15(9)10-5-4-8(12)7-14-10/h4-5,7,9H,2-3,6,12H2,1H3,(H,13,16). The Kier molecular flexibility index (Phi) is 2.94. The van der Waals surface area contributed by atoms with Crippen molar-refractivity contribution in [2.75, 3.05) is 24.2 Å². The van der Waals surface area contributed by atoms with Gasteiger partial charge in [0.1, 0.15) is 11.9 Å². The van der Waals surface area contributed by atoms with Crippen LogP contribution in [0.2, 0.25) is 0 Å². The average molecular weight is 220 g/mol. The molecule has 0 bridgehead atoms. The van der Waals surface area contributed by atoms with Crippen molar-refractivity contribution in [2.24, 2.45) is 0 Å². The van der Waals surface area contributed by atoms with Crippen molar-refractivity contribution in [1.29, 1.82) is 0 Å². The van der Waals surface area contributed by atoms with E-state index >= 15 is 0 Å². The average Bonchev–Trinajstić information content (AvgIpc) is 2.78. The van der Waals surface area contributed by atoms with Gasteiger partial charge in [0.2, 0.25) is 5.91 Å². The normalized spacial score (nSPS) is 19.8. The number of likely N-dealkylation sites (N-methyl/N-ethyl adjacent to an activating group) is 1. The molecule has 2 rings (SSSR count). The van der Waals surface area contributed by atoms with Gasteiger partial charge in [-0.15, -0.1) is 0 Å². The first-order chi connectivity index (χ1) is 7.72. The quantitative estimate of drug-likeness (QED) is 0.755. The molecule has 5 heteroatoms. The number of hydrogen-bond donors (Lipinski definition) is 2. The van der Waals surface area contributed by atoms with Gasteiger partial charge in [0.15, 0.2) is 0 Å². The third kappa shape index (κ3) is 1.93. The van der Waals surface area contributed by atoms with Gasteiger partial charge in [0.25, 0.3) is 0 Å². The number of amides is 1. The van der Waals surface area contributed by atoms with E-state index in [0.717, 1.165) is 25.2 Å². The van der Waals surface area contributed by atoms with Crippen molar-refractivity contribution in [1.82, 2.24) is 10.3 Å². The Morgan fingerprint density at radius 2 is 2.44 bits per heavy atom. The second-order valence-electron chi connectivity index (χ2n) is 3.92. The summed E-state index contributed by atoms with van der Waals surface area (Å²) in [6.07, 6.45) is 3.52. The SMILES string of the molecule is CNC(=O)C1CCCN1c1ccc(N)cn1. The van der Waals surface area contributed by atoms with E-state index in [0.29, 0.717) is 5.69 Å². The molecule has 1 aromatic rings. The summed E-state index contributed by atoms with van der Waals surface area (Å²) in [5.41, 5.74) is 6.22. The molecule has 0 spiro atoms. The molecule has 2 heterocycles. The van der Waals surface area contributed by atoms with Crippen LogP contribution in [0.3, 0.4) is 0 Å². The number of nitrogen functional groups attached to an aromatic ring is 1. The first-order valence-electron chi connectivity index (χ1n) is 5.42. The van der Waals surface area contributed by atoms with E-state index in [1.165, 1.54) is 0 Å². The van der Waals surface area contributed by atoms with Gasteiger partial charge in [-0.25, -0.2) is 4.98 Å². The lowest BCUT2D eigenvalue weighted by molar-refractivity contribution is -0.121. The molecule has 16 heavy (non-hydrogen) atoms. The Morgan fingerprint density at radius 1 is 1.62 bits per heavy atom. The second-order valence-corrected chi connectivity index (χ2v) is 3.92. The highest BCUT2D eigenvalue weighted by Gasteiger charge is 2.30. The zero-order valence-corrected chi connectivity index (χ0v) is 9.31. The fourth-order valence-corrected chi connectivity index (χ4v) is 2.05. The molecule has 1 aliphatic heterocycles. The molecule has 1 atom stereocenters. The molecule has 0 aromatic carbocycles. The molecule has 1 fully saturated rings. The van der Waals surface area contributed by atoms with Crippen LogP contribution in [0, 0.1) is 0 Å². The maximum absolute atomic E-state index is 11.7. The molecular weight excluding hydrogens is 204 g/mol. The van der Waals surface area contributed by atoms with E-state index in [1.54, 1.807) is 13.2 Å². The summed E-state index contributed by atoms with van der Waals surface area (Å²) in [7, 11) is 1.66. The largest absolute Gasteiger partial charge is 0.397 e. The van der Waals surface area contributed by atoms with Crippen LogP contribution in [0.4, 0.5) is 11.5 Å². The van der Waals surface area contributed by atoms with Gasteiger partial charge in [0, 0.05) is 13.6 Å². The molecule has 0 radical (unpaired) electrons. The van der Waals surface area contributed by atoms with Crippen molar-refractivity contribution in [3.05, 3.63) is 18.3 Å². The van der Waals surface area contributed by atoms with E-state index in [4.69, 9.17) is 5.73 Å². The topological polar surface area (TPSA) is 71.2 Å². The Balaban J connectivity index is 2.19. The monoisotopic (exact) mass is 220 g/mol. The van der Waals surface area contributed by atoms with Crippen LogP contribution in [0.1, 0.15) is 12.8 Å². The molecule has 3 N–H and O–H groups in total. The highest BCUT2D eigenvalue weighted by Crippen LogP contribution is 2.24. The first-order valence-corrected chi connectivity index (χ1v) is 5.42. The fourth-order valence-electron chi connectivity index (χ4n) is 2.05. The minimum absolute atomic E-state index is 0.0520. The number of carbonyl (C=O) groups is 1. The number of nitrogens with one attached hydrogen (secondary N) is 1. The number of hydrogen-bond acceptors (Lipinski definition) is 4. The predicted molar refractivity (Wildman–Crippen MR) is 63.1 cm³/mol. The molecule has 0 aliphatic carbocycles.